The van der Waals surface area contributed by atoms with Crippen molar-refractivity contribution in [3.63, 3.8) is 0 Å². The summed E-state index contributed by atoms with van der Waals surface area (Å²) in [5.41, 5.74) is 8.86. The largest absolute Gasteiger partial charge is 0.382 e. The van der Waals surface area contributed by atoms with Crippen LogP contribution < -0.4 is 5.73 Å². The molecule has 1 aromatic carbocycles. The van der Waals surface area contributed by atoms with Crippen molar-refractivity contribution in [2.45, 2.75) is 0 Å². The molecule has 0 fully saturated rings. The molecule has 3 heteroatoms. The average molecular weight is 209 g/mol. The van der Waals surface area contributed by atoms with Gasteiger partial charge in [0.2, 0.25) is 0 Å². The van der Waals surface area contributed by atoms with Crippen LogP contribution in [0, 0.1) is 0 Å². The highest BCUT2D eigenvalue weighted by molar-refractivity contribution is 5.74. The van der Waals surface area contributed by atoms with Crippen LogP contribution in [0.4, 0.5) is 5.82 Å². The van der Waals surface area contributed by atoms with E-state index >= 15 is 0 Å². The predicted molar refractivity (Wildman–Crippen MR) is 65.0 cm³/mol. The molecule has 3 nitrogen and oxygen atoms in total. The Kier molecular flexibility index (Phi) is 1.90. The molecule has 0 bridgehead atoms. The van der Waals surface area contributed by atoms with E-state index in [4.69, 9.17) is 5.73 Å². The third kappa shape index (κ3) is 1.26. The molecule has 3 rings (SSSR count). The number of benzene rings is 1. The van der Waals surface area contributed by atoms with Crippen LogP contribution in [0.15, 0.2) is 54.7 Å². The molecule has 0 atom stereocenters. The molecule has 0 radical (unpaired) electrons. The Labute approximate surface area is 93.2 Å². The number of imidazole rings is 1. The van der Waals surface area contributed by atoms with Gasteiger partial charge in [-0.1, -0.05) is 36.4 Å². The van der Waals surface area contributed by atoms with Crippen molar-refractivity contribution in [1.82, 2.24) is 9.38 Å². The van der Waals surface area contributed by atoms with Gasteiger partial charge in [0, 0.05) is 11.8 Å². The van der Waals surface area contributed by atoms with Crippen LogP contribution in [0.25, 0.3) is 16.9 Å². The maximum Gasteiger partial charge on any atom is 0.150 e. The van der Waals surface area contributed by atoms with Crippen LogP contribution in [-0.4, -0.2) is 9.38 Å². The summed E-state index contributed by atoms with van der Waals surface area (Å²) in [6.45, 7) is 0. The van der Waals surface area contributed by atoms with E-state index in [2.05, 4.69) is 4.98 Å². The van der Waals surface area contributed by atoms with Gasteiger partial charge < -0.3 is 5.73 Å². The van der Waals surface area contributed by atoms with E-state index in [0.29, 0.717) is 5.82 Å². The Bertz CT molecular complexity index is 626. The molecule has 2 heterocycles. The number of rotatable bonds is 1. The van der Waals surface area contributed by atoms with E-state index in [0.717, 1.165) is 16.9 Å². The number of hydrogen-bond acceptors (Lipinski definition) is 2. The molecule has 0 aliphatic heterocycles. The lowest BCUT2D eigenvalue weighted by atomic mass is 10.1. The van der Waals surface area contributed by atoms with Crippen LogP contribution in [0.3, 0.4) is 0 Å². The summed E-state index contributed by atoms with van der Waals surface area (Å²) in [6, 6.07) is 15.9. The SMILES string of the molecule is Nc1nc2ccccn2c1-c1ccccc1. The van der Waals surface area contributed by atoms with Crippen molar-refractivity contribution in [2.24, 2.45) is 0 Å². The lowest BCUT2D eigenvalue weighted by Crippen LogP contribution is -1.91. The summed E-state index contributed by atoms with van der Waals surface area (Å²) >= 11 is 0. The average Bonchev–Trinajstić information content (AvgIpc) is 2.66. The van der Waals surface area contributed by atoms with Crippen molar-refractivity contribution in [2.75, 3.05) is 5.73 Å². The molecular weight excluding hydrogens is 198 g/mol. The van der Waals surface area contributed by atoms with Crippen molar-refractivity contribution < 1.29 is 0 Å². The lowest BCUT2D eigenvalue weighted by Gasteiger charge is -2.01. The molecule has 0 aliphatic rings. The van der Waals surface area contributed by atoms with E-state index in [1.54, 1.807) is 0 Å². The molecule has 78 valence electrons. The molecule has 0 aliphatic carbocycles. The fraction of sp³-hybridized carbons (Fsp3) is 0. The molecule has 0 saturated carbocycles. The third-order valence-electron chi connectivity index (χ3n) is 2.60. The first-order valence-electron chi connectivity index (χ1n) is 5.14. The Morgan fingerprint density at radius 1 is 0.938 bits per heavy atom. The van der Waals surface area contributed by atoms with E-state index in [1.165, 1.54) is 0 Å². The monoisotopic (exact) mass is 209 g/mol. The van der Waals surface area contributed by atoms with Crippen LogP contribution in [0.5, 0.6) is 0 Å². The highest BCUT2D eigenvalue weighted by Crippen LogP contribution is 2.26. The minimum atomic E-state index is 0.567. The molecule has 16 heavy (non-hydrogen) atoms. The maximum atomic E-state index is 5.95. The number of nitrogen functional groups attached to an aromatic ring is 1. The van der Waals surface area contributed by atoms with E-state index < -0.39 is 0 Å². The van der Waals surface area contributed by atoms with Crippen molar-refractivity contribution >= 4 is 11.5 Å². The summed E-state index contributed by atoms with van der Waals surface area (Å²) < 4.78 is 2.00. The summed E-state index contributed by atoms with van der Waals surface area (Å²) in [4.78, 5) is 4.33. The fourth-order valence-electron chi connectivity index (χ4n) is 1.90. The number of aromatic nitrogens is 2. The van der Waals surface area contributed by atoms with Gasteiger partial charge in [-0.25, -0.2) is 4.98 Å². The zero-order chi connectivity index (χ0) is 11.0. The van der Waals surface area contributed by atoms with Gasteiger partial charge >= 0.3 is 0 Å². The predicted octanol–water partition coefficient (Wildman–Crippen LogP) is 2.58. The highest BCUT2D eigenvalue weighted by atomic mass is 15.1. The Hall–Kier alpha value is -2.29. The molecule has 0 amide bonds. The first-order chi connectivity index (χ1) is 7.86. The maximum absolute atomic E-state index is 5.95. The van der Waals surface area contributed by atoms with E-state index in [-0.39, 0.29) is 0 Å². The minimum absolute atomic E-state index is 0.567. The topological polar surface area (TPSA) is 43.3 Å². The molecule has 2 aromatic heterocycles. The first-order valence-corrected chi connectivity index (χ1v) is 5.14. The second-order valence-electron chi connectivity index (χ2n) is 3.64. The standard InChI is InChI=1S/C13H11N3/c14-13-12(10-6-2-1-3-7-10)16-9-5-4-8-11(16)15-13/h1-9H,14H2. The number of nitrogens with two attached hydrogens (primary N) is 1. The Morgan fingerprint density at radius 2 is 1.69 bits per heavy atom. The van der Waals surface area contributed by atoms with Gasteiger partial charge in [-0.2, -0.15) is 0 Å². The molecule has 3 aromatic rings. The zero-order valence-electron chi connectivity index (χ0n) is 8.67. The summed E-state index contributed by atoms with van der Waals surface area (Å²) in [6.07, 6.45) is 1.97. The second kappa shape index (κ2) is 3.38. The summed E-state index contributed by atoms with van der Waals surface area (Å²) in [7, 11) is 0. The number of pyridine rings is 1. The second-order valence-corrected chi connectivity index (χ2v) is 3.64. The van der Waals surface area contributed by atoms with E-state index in [1.807, 2.05) is 59.1 Å². The van der Waals surface area contributed by atoms with Crippen molar-refractivity contribution in [3.05, 3.63) is 54.7 Å². The van der Waals surface area contributed by atoms with Gasteiger partial charge in [0.15, 0.2) is 5.82 Å². The van der Waals surface area contributed by atoms with Crippen LogP contribution in [0.1, 0.15) is 0 Å². The molecule has 0 saturated heterocycles. The van der Waals surface area contributed by atoms with Crippen LogP contribution >= 0.6 is 0 Å². The molecular formula is C13H11N3. The summed E-state index contributed by atoms with van der Waals surface area (Å²) in [5.74, 6) is 0.567. The zero-order valence-corrected chi connectivity index (χ0v) is 8.67. The van der Waals surface area contributed by atoms with Crippen LogP contribution in [0.2, 0.25) is 0 Å². The van der Waals surface area contributed by atoms with Gasteiger partial charge in [-0.15, -0.1) is 0 Å². The third-order valence-corrected chi connectivity index (χ3v) is 2.60. The van der Waals surface area contributed by atoms with E-state index in [9.17, 15) is 0 Å². The quantitative estimate of drug-likeness (QED) is 0.669. The number of fused-ring (bicyclic) bond motifs is 1. The van der Waals surface area contributed by atoms with Gasteiger partial charge in [-0.05, 0) is 12.1 Å². The number of hydrogen-bond donors (Lipinski definition) is 1. The Balaban J connectivity index is 2.35. The molecule has 0 spiro atoms. The number of nitrogens with zero attached hydrogens (tertiary/aromatic N) is 2. The van der Waals surface area contributed by atoms with Gasteiger partial charge in [0.25, 0.3) is 0 Å². The van der Waals surface area contributed by atoms with Crippen molar-refractivity contribution in [3.8, 4) is 11.3 Å². The van der Waals surface area contributed by atoms with Gasteiger partial charge in [0.1, 0.15) is 5.65 Å². The fourth-order valence-corrected chi connectivity index (χ4v) is 1.90. The molecule has 0 unspecified atom stereocenters. The van der Waals surface area contributed by atoms with Crippen molar-refractivity contribution in [1.29, 1.82) is 0 Å². The van der Waals surface area contributed by atoms with Gasteiger partial charge in [-0.3, -0.25) is 4.40 Å². The number of anilines is 1. The van der Waals surface area contributed by atoms with Crippen LogP contribution in [-0.2, 0) is 0 Å². The smallest absolute Gasteiger partial charge is 0.150 e. The Morgan fingerprint density at radius 3 is 2.50 bits per heavy atom. The normalized spacial score (nSPS) is 10.8. The summed E-state index contributed by atoms with van der Waals surface area (Å²) in [5, 5.41) is 0. The molecule has 2 N–H and O–H groups in total. The lowest BCUT2D eigenvalue weighted by molar-refractivity contribution is 1.19. The first kappa shape index (κ1) is 8.97. The highest BCUT2D eigenvalue weighted by Gasteiger charge is 2.09. The van der Waals surface area contributed by atoms with Gasteiger partial charge in [0.05, 0.1) is 5.69 Å². The minimum Gasteiger partial charge on any atom is -0.382 e.